The lowest BCUT2D eigenvalue weighted by Gasteiger charge is -2.26. The molecule has 0 aromatic heterocycles. The van der Waals surface area contributed by atoms with Crippen LogP contribution in [0.15, 0.2) is 0 Å². The van der Waals surface area contributed by atoms with E-state index in [1.54, 1.807) is 7.11 Å². The van der Waals surface area contributed by atoms with E-state index in [-0.39, 0.29) is 18.6 Å². The predicted octanol–water partition coefficient (Wildman–Crippen LogP) is 1.81. The van der Waals surface area contributed by atoms with Crippen molar-refractivity contribution < 1.29 is 19.4 Å². The summed E-state index contributed by atoms with van der Waals surface area (Å²) in [4.78, 5) is 22.8. The fraction of sp³-hybridized carbons (Fsp3) is 0.846. The summed E-state index contributed by atoms with van der Waals surface area (Å²) in [5.41, 5.74) is -0.845. The van der Waals surface area contributed by atoms with Gasteiger partial charge in [-0.1, -0.05) is 13.8 Å². The maximum absolute atomic E-state index is 11.6. The van der Waals surface area contributed by atoms with Crippen LogP contribution >= 0.6 is 0 Å². The maximum atomic E-state index is 11.6. The Hall–Kier alpha value is -1.10. The van der Waals surface area contributed by atoms with Crippen LogP contribution in [0.3, 0.4) is 0 Å². The van der Waals surface area contributed by atoms with Crippen molar-refractivity contribution in [2.75, 3.05) is 13.7 Å². The molecule has 0 aliphatic heterocycles. The number of methoxy groups -OCH3 is 1. The number of carbonyl (C=O) groups is 2. The highest BCUT2D eigenvalue weighted by atomic mass is 16.5. The predicted molar refractivity (Wildman–Crippen MR) is 69.4 cm³/mol. The average molecular weight is 259 g/mol. The number of aliphatic carboxylic acids is 1. The van der Waals surface area contributed by atoms with Crippen LogP contribution in [0.2, 0.25) is 0 Å². The third-order valence-electron chi connectivity index (χ3n) is 3.61. The number of nitrogens with one attached hydrogen (secondary N) is 1. The fourth-order valence-electron chi connectivity index (χ4n) is 1.69. The van der Waals surface area contributed by atoms with Gasteiger partial charge in [0.1, 0.15) is 0 Å². The molecule has 1 amide bonds. The highest BCUT2D eigenvalue weighted by Crippen LogP contribution is 2.25. The van der Waals surface area contributed by atoms with Crippen molar-refractivity contribution in [2.24, 2.45) is 5.41 Å². The third kappa shape index (κ3) is 5.04. The summed E-state index contributed by atoms with van der Waals surface area (Å²) in [5.74, 6) is -0.968. The van der Waals surface area contributed by atoms with E-state index in [9.17, 15) is 14.7 Å². The number of carboxylic acids is 1. The van der Waals surface area contributed by atoms with Gasteiger partial charge in [-0.3, -0.25) is 9.59 Å². The smallest absolute Gasteiger partial charge is 0.311 e. The molecular weight excluding hydrogens is 234 g/mol. The van der Waals surface area contributed by atoms with Crippen LogP contribution in [0, 0.1) is 5.41 Å². The van der Waals surface area contributed by atoms with Crippen LogP contribution in [0.1, 0.15) is 46.5 Å². The molecule has 0 bridgehead atoms. The second-order valence-corrected chi connectivity index (χ2v) is 4.65. The maximum Gasteiger partial charge on any atom is 0.311 e. The van der Waals surface area contributed by atoms with Crippen LogP contribution in [0.25, 0.3) is 0 Å². The first-order chi connectivity index (χ1) is 8.41. The molecule has 0 rings (SSSR count). The van der Waals surface area contributed by atoms with Crippen LogP contribution in [0.5, 0.6) is 0 Å². The van der Waals surface area contributed by atoms with Gasteiger partial charge in [0.2, 0.25) is 5.91 Å². The second kappa shape index (κ2) is 8.08. The van der Waals surface area contributed by atoms with Crippen LogP contribution in [0.4, 0.5) is 0 Å². The zero-order chi connectivity index (χ0) is 14.2. The zero-order valence-corrected chi connectivity index (χ0v) is 11.8. The van der Waals surface area contributed by atoms with E-state index < -0.39 is 11.4 Å². The number of amides is 1. The lowest BCUT2D eigenvalue weighted by Crippen LogP contribution is -2.42. The molecule has 2 N–H and O–H groups in total. The Morgan fingerprint density at radius 1 is 1.33 bits per heavy atom. The molecule has 0 aromatic carbocycles. The summed E-state index contributed by atoms with van der Waals surface area (Å²) in [5, 5.41) is 11.9. The van der Waals surface area contributed by atoms with Gasteiger partial charge < -0.3 is 15.2 Å². The summed E-state index contributed by atoms with van der Waals surface area (Å²) in [6.07, 6.45) is 2.05. The SMILES string of the molecule is CCC(CC)(CNC(=O)CCC(C)OC)C(=O)O. The molecular formula is C13H25NO4. The third-order valence-corrected chi connectivity index (χ3v) is 3.61. The number of hydrogen-bond donors (Lipinski definition) is 2. The fourth-order valence-corrected chi connectivity index (χ4v) is 1.69. The minimum absolute atomic E-state index is 0.0392. The van der Waals surface area contributed by atoms with Crippen molar-refractivity contribution in [3.63, 3.8) is 0 Å². The molecule has 0 saturated heterocycles. The zero-order valence-electron chi connectivity index (χ0n) is 11.8. The molecule has 0 spiro atoms. The summed E-state index contributed by atoms with van der Waals surface area (Å²) in [6.45, 7) is 5.75. The molecule has 106 valence electrons. The molecule has 0 aliphatic carbocycles. The van der Waals surface area contributed by atoms with Gasteiger partial charge >= 0.3 is 5.97 Å². The molecule has 5 nitrogen and oxygen atoms in total. The van der Waals surface area contributed by atoms with E-state index in [4.69, 9.17) is 4.74 Å². The number of carbonyl (C=O) groups excluding carboxylic acids is 1. The van der Waals surface area contributed by atoms with Gasteiger partial charge in [0.25, 0.3) is 0 Å². The average Bonchev–Trinajstić information content (AvgIpc) is 2.37. The van der Waals surface area contributed by atoms with Crippen LogP contribution in [-0.2, 0) is 14.3 Å². The molecule has 1 unspecified atom stereocenters. The molecule has 0 saturated carbocycles. The number of hydrogen-bond acceptors (Lipinski definition) is 3. The normalized spacial score (nSPS) is 13.1. The Labute approximate surface area is 109 Å². The Bertz CT molecular complexity index is 274. The number of carboxylic acid groups (broad SMARTS) is 1. The van der Waals surface area contributed by atoms with E-state index in [1.807, 2.05) is 20.8 Å². The summed E-state index contributed by atoms with van der Waals surface area (Å²) in [7, 11) is 1.60. The highest BCUT2D eigenvalue weighted by molar-refractivity contribution is 5.79. The Morgan fingerprint density at radius 2 is 1.89 bits per heavy atom. The molecule has 18 heavy (non-hydrogen) atoms. The van der Waals surface area contributed by atoms with Gasteiger partial charge in [-0.15, -0.1) is 0 Å². The largest absolute Gasteiger partial charge is 0.481 e. The first-order valence-electron chi connectivity index (χ1n) is 6.44. The Balaban J connectivity index is 4.20. The molecule has 0 aliphatic rings. The topological polar surface area (TPSA) is 75.6 Å². The van der Waals surface area contributed by atoms with E-state index >= 15 is 0 Å². The summed E-state index contributed by atoms with van der Waals surface area (Å²) >= 11 is 0. The second-order valence-electron chi connectivity index (χ2n) is 4.65. The quantitative estimate of drug-likeness (QED) is 0.662. The summed E-state index contributed by atoms with van der Waals surface area (Å²) < 4.78 is 5.05. The van der Waals surface area contributed by atoms with Crippen molar-refractivity contribution in [2.45, 2.75) is 52.6 Å². The number of rotatable bonds is 9. The van der Waals surface area contributed by atoms with Crippen molar-refractivity contribution in [3.05, 3.63) is 0 Å². The van der Waals surface area contributed by atoms with Gasteiger partial charge in [-0.25, -0.2) is 0 Å². The molecule has 5 heteroatoms. The highest BCUT2D eigenvalue weighted by Gasteiger charge is 2.34. The standard InChI is InChI=1S/C13H25NO4/c1-5-13(6-2,12(16)17)9-14-11(15)8-7-10(3)18-4/h10H,5-9H2,1-4H3,(H,14,15)(H,16,17). The number of ether oxygens (including phenoxy) is 1. The van der Waals surface area contributed by atoms with Gasteiger partial charge in [-0.05, 0) is 26.2 Å². The van der Waals surface area contributed by atoms with Gasteiger partial charge in [-0.2, -0.15) is 0 Å². The van der Waals surface area contributed by atoms with E-state index in [0.29, 0.717) is 25.7 Å². The van der Waals surface area contributed by atoms with Crippen molar-refractivity contribution in [1.29, 1.82) is 0 Å². The molecule has 0 aromatic rings. The van der Waals surface area contributed by atoms with E-state index in [1.165, 1.54) is 0 Å². The van der Waals surface area contributed by atoms with E-state index in [0.717, 1.165) is 0 Å². The van der Waals surface area contributed by atoms with Crippen molar-refractivity contribution >= 4 is 11.9 Å². The first kappa shape index (κ1) is 16.9. The molecule has 0 fully saturated rings. The van der Waals surface area contributed by atoms with Gasteiger partial charge in [0.15, 0.2) is 0 Å². The van der Waals surface area contributed by atoms with Crippen molar-refractivity contribution in [1.82, 2.24) is 5.32 Å². The monoisotopic (exact) mass is 259 g/mol. The van der Waals surface area contributed by atoms with Gasteiger partial charge in [0.05, 0.1) is 11.5 Å². The van der Waals surface area contributed by atoms with Gasteiger partial charge in [0, 0.05) is 20.1 Å². The Morgan fingerprint density at radius 3 is 2.28 bits per heavy atom. The molecule has 0 heterocycles. The van der Waals surface area contributed by atoms with Crippen molar-refractivity contribution in [3.8, 4) is 0 Å². The minimum atomic E-state index is -0.849. The molecule has 1 atom stereocenters. The molecule has 0 radical (unpaired) electrons. The van der Waals surface area contributed by atoms with Crippen LogP contribution in [-0.4, -0.2) is 36.7 Å². The first-order valence-corrected chi connectivity index (χ1v) is 6.44. The Kier molecular flexibility index (Phi) is 7.59. The summed E-state index contributed by atoms with van der Waals surface area (Å²) in [6, 6.07) is 0. The minimum Gasteiger partial charge on any atom is -0.481 e. The lowest BCUT2D eigenvalue weighted by atomic mass is 9.82. The van der Waals surface area contributed by atoms with Crippen LogP contribution < -0.4 is 5.32 Å². The van der Waals surface area contributed by atoms with E-state index in [2.05, 4.69) is 5.32 Å². The lowest BCUT2D eigenvalue weighted by molar-refractivity contribution is -0.149.